The van der Waals surface area contributed by atoms with Crippen LogP contribution in [-0.4, -0.2) is 42.9 Å². The summed E-state index contributed by atoms with van der Waals surface area (Å²) in [4.78, 5) is 25.7. The number of aromatic nitrogens is 5. The van der Waals surface area contributed by atoms with Crippen LogP contribution in [0.1, 0.15) is 18.5 Å². The average molecular weight is 326 g/mol. The highest BCUT2D eigenvalue weighted by atomic mass is 16.3. The maximum Gasteiger partial charge on any atom is 0.263 e. The molecule has 8 nitrogen and oxygen atoms in total. The molecule has 0 aliphatic carbocycles. The van der Waals surface area contributed by atoms with Gasteiger partial charge in [-0.3, -0.25) is 19.4 Å². The minimum Gasteiger partial charge on any atom is -0.383 e. The summed E-state index contributed by atoms with van der Waals surface area (Å²) in [5.74, 6) is 0.513. The summed E-state index contributed by atoms with van der Waals surface area (Å²) in [6.07, 6.45) is 4.25. The third-order valence-corrected chi connectivity index (χ3v) is 4.62. The molecule has 0 aromatic carbocycles. The number of nitrogens with zero attached hydrogens (tertiary/aromatic N) is 5. The lowest BCUT2D eigenvalue weighted by molar-refractivity contribution is 0.00738. The fraction of sp³-hybridized carbons (Fsp3) is 0.375. The van der Waals surface area contributed by atoms with Crippen LogP contribution >= 0.6 is 0 Å². The quantitative estimate of drug-likeness (QED) is 0.713. The van der Waals surface area contributed by atoms with E-state index in [0.717, 1.165) is 0 Å². The van der Waals surface area contributed by atoms with Crippen molar-refractivity contribution < 1.29 is 5.11 Å². The van der Waals surface area contributed by atoms with Crippen molar-refractivity contribution in [1.29, 1.82) is 0 Å². The molecule has 0 atom stereocenters. The Morgan fingerprint density at radius 2 is 2.08 bits per heavy atom. The largest absolute Gasteiger partial charge is 0.383 e. The van der Waals surface area contributed by atoms with Gasteiger partial charge in [-0.1, -0.05) is 6.07 Å². The lowest BCUT2D eigenvalue weighted by Gasteiger charge is -2.37. The van der Waals surface area contributed by atoms with Crippen molar-refractivity contribution in [2.75, 3.05) is 18.0 Å². The van der Waals surface area contributed by atoms with E-state index in [1.54, 1.807) is 17.9 Å². The molecule has 0 bridgehead atoms. The first-order valence-electron chi connectivity index (χ1n) is 7.88. The second kappa shape index (κ2) is 5.41. The van der Waals surface area contributed by atoms with Crippen LogP contribution in [0.3, 0.4) is 0 Å². The van der Waals surface area contributed by atoms with E-state index < -0.39 is 5.60 Å². The van der Waals surface area contributed by atoms with Crippen LogP contribution in [0.5, 0.6) is 0 Å². The van der Waals surface area contributed by atoms with Crippen LogP contribution in [0.15, 0.2) is 35.4 Å². The molecule has 3 aromatic rings. The van der Waals surface area contributed by atoms with Gasteiger partial charge in [-0.05, 0) is 25.0 Å². The van der Waals surface area contributed by atoms with E-state index in [1.807, 2.05) is 23.1 Å². The molecule has 0 radical (unpaired) electrons. The van der Waals surface area contributed by atoms with Gasteiger partial charge in [0.05, 0.1) is 11.9 Å². The third kappa shape index (κ3) is 2.35. The maximum atomic E-state index is 12.2. The Morgan fingerprint density at radius 1 is 1.29 bits per heavy atom. The van der Waals surface area contributed by atoms with Crippen molar-refractivity contribution in [2.45, 2.75) is 18.4 Å². The first kappa shape index (κ1) is 14.8. The Kier molecular flexibility index (Phi) is 3.34. The molecule has 3 aromatic heterocycles. The van der Waals surface area contributed by atoms with Crippen LogP contribution in [0, 0.1) is 0 Å². The lowest BCUT2D eigenvalue weighted by Crippen LogP contribution is -2.44. The predicted octanol–water partition coefficient (Wildman–Crippen LogP) is 0.540. The maximum absolute atomic E-state index is 12.2. The minimum absolute atomic E-state index is 0.200. The number of aromatic amines is 1. The minimum atomic E-state index is -0.936. The van der Waals surface area contributed by atoms with E-state index in [-0.39, 0.29) is 5.56 Å². The second-order valence-corrected chi connectivity index (χ2v) is 6.13. The summed E-state index contributed by atoms with van der Waals surface area (Å²) in [7, 11) is 1.76. The number of pyridine rings is 1. The van der Waals surface area contributed by atoms with Gasteiger partial charge in [0.1, 0.15) is 11.0 Å². The Hall–Kier alpha value is -2.74. The highest BCUT2D eigenvalue weighted by molar-refractivity contribution is 5.74. The van der Waals surface area contributed by atoms with Crippen LogP contribution in [0.4, 0.5) is 5.95 Å². The molecule has 24 heavy (non-hydrogen) atoms. The Morgan fingerprint density at radius 3 is 2.79 bits per heavy atom. The van der Waals surface area contributed by atoms with E-state index in [0.29, 0.717) is 48.6 Å². The molecule has 1 aliphatic heterocycles. The SMILES string of the molecule is Cn1ncc2c(=O)[nH]c(N3CCC(O)(c4ccccn4)CC3)nc21. The molecular weight excluding hydrogens is 308 g/mol. The topological polar surface area (TPSA) is 99.9 Å². The molecule has 0 amide bonds. The van der Waals surface area contributed by atoms with Gasteiger partial charge in [0.25, 0.3) is 5.56 Å². The van der Waals surface area contributed by atoms with E-state index in [2.05, 4.69) is 20.1 Å². The fourth-order valence-electron chi connectivity index (χ4n) is 3.15. The number of anilines is 1. The number of hydrogen-bond donors (Lipinski definition) is 2. The molecule has 1 fully saturated rings. The van der Waals surface area contributed by atoms with Gasteiger partial charge in [-0.2, -0.15) is 10.1 Å². The highest BCUT2D eigenvalue weighted by Crippen LogP contribution is 2.32. The molecule has 4 heterocycles. The predicted molar refractivity (Wildman–Crippen MR) is 88.7 cm³/mol. The van der Waals surface area contributed by atoms with Gasteiger partial charge in [-0.25, -0.2) is 0 Å². The van der Waals surface area contributed by atoms with Crippen molar-refractivity contribution >= 4 is 17.0 Å². The van der Waals surface area contributed by atoms with Crippen molar-refractivity contribution in [2.24, 2.45) is 7.05 Å². The van der Waals surface area contributed by atoms with Crippen LogP contribution in [0.2, 0.25) is 0 Å². The molecule has 0 spiro atoms. The molecule has 0 saturated carbocycles. The third-order valence-electron chi connectivity index (χ3n) is 4.62. The normalized spacial score (nSPS) is 17.3. The van der Waals surface area contributed by atoms with Gasteiger partial charge in [-0.15, -0.1) is 0 Å². The molecule has 2 N–H and O–H groups in total. The van der Waals surface area contributed by atoms with Gasteiger partial charge in [0, 0.05) is 26.3 Å². The van der Waals surface area contributed by atoms with Crippen molar-refractivity contribution in [3.8, 4) is 0 Å². The fourth-order valence-corrected chi connectivity index (χ4v) is 3.15. The smallest absolute Gasteiger partial charge is 0.263 e. The average Bonchev–Trinajstić information content (AvgIpc) is 2.98. The number of nitrogens with one attached hydrogen (secondary N) is 1. The first-order valence-corrected chi connectivity index (χ1v) is 7.88. The van der Waals surface area contributed by atoms with Gasteiger partial charge >= 0.3 is 0 Å². The Balaban J connectivity index is 1.60. The zero-order chi connectivity index (χ0) is 16.7. The van der Waals surface area contributed by atoms with Crippen molar-refractivity contribution in [3.63, 3.8) is 0 Å². The number of hydrogen-bond acceptors (Lipinski definition) is 6. The molecule has 4 rings (SSSR count). The van der Waals surface area contributed by atoms with Gasteiger partial charge in [0.15, 0.2) is 5.65 Å². The Bertz CT molecular complexity index is 925. The van der Waals surface area contributed by atoms with Crippen LogP contribution in [-0.2, 0) is 12.6 Å². The lowest BCUT2D eigenvalue weighted by atomic mass is 9.88. The van der Waals surface area contributed by atoms with E-state index in [9.17, 15) is 9.90 Å². The summed E-state index contributed by atoms with van der Waals surface area (Å²) in [6.45, 7) is 1.17. The standard InChI is InChI=1S/C16H18N6O2/c1-21-13-11(10-18-21)14(23)20-15(19-13)22-8-5-16(24,6-9-22)12-4-2-3-7-17-12/h2-4,7,10,24H,5-6,8-9H2,1H3,(H,19,20,23). The summed E-state index contributed by atoms with van der Waals surface area (Å²) < 4.78 is 1.59. The summed E-state index contributed by atoms with van der Waals surface area (Å²) >= 11 is 0. The van der Waals surface area contributed by atoms with E-state index in [1.165, 1.54) is 6.20 Å². The number of piperidine rings is 1. The van der Waals surface area contributed by atoms with E-state index in [4.69, 9.17) is 0 Å². The van der Waals surface area contributed by atoms with Crippen LogP contribution in [0.25, 0.3) is 11.0 Å². The second-order valence-electron chi connectivity index (χ2n) is 6.13. The monoisotopic (exact) mass is 326 g/mol. The number of H-pyrrole nitrogens is 1. The molecular formula is C16H18N6O2. The summed E-state index contributed by atoms with van der Waals surface area (Å²) in [5, 5.41) is 15.4. The Labute approximate surface area is 137 Å². The molecule has 1 aliphatic rings. The van der Waals surface area contributed by atoms with Crippen LogP contribution < -0.4 is 10.5 Å². The number of fused-ring (bicyclic) bond motifs is 1. The zero-order valence-electron chi connectivity index (χ0n) is 13.3. The zero-order valence-corrected chi connectivity index (χ0v) is 13.3. The summed E-state index contributed by atoms with van der Waals surface area (Å²) in [5.41, 5.74) is 0.107. The first-order chi connectivity index (χ1) is 11.6. The number of rotatable bonds is 2. The van der Waals surface area contributed by atoms with Crippen molar-refractivity contribution in [1.82, 2.24) is 24.7 Å². The molecule has 1 saturated heterocycles. The number of aliphatic hydroxyl groups is 1. The van der Waals surface area contributed by atoms with Gasteiger partial charge in [0.2, 0.25) is 5.95 Å². The molecule has 0 unspecified atom stereocenters. The number of aryl methyl sites for hydroxylation is 1. The van der Waals surface area contributed by atoms with Crippen molar-refractivity contribution in [3.05, 3.63) is 46.6 Å². The molecule has 8 heteroatoms. The van der Waals surface area contributed by atoms with Gasteiger partial charge < -0.3 is 10.0 Å². The summed E-state index contributed by atoms with van der Waals surface area (Å²) in [6, 6.07) is 5.55. The molecule has 124 valence electrons. The van der Waals surface area contributed by atoms with E-state index >= 15 is 0 Å². The highest BCUT2D eigenvalue weighted by Gasteiger charge is 2.35.